The monoisotopic (exact) mass is 377 g/mol. The topological polar surface area (TPSA) is 81.7 Å². The molecule has 2 N–H and O–H groups in total. The van der Waals surface area contributed by atoms with E-state index >= 15 is 0 Å². The van der Waals surface area contributed by atoms with Crippen LogP contribution < -0.4 is 24.8 Å². The van der Waals surface area contributed by atoms with Crippen LogP contribution in [0, 0.1) is 6.92 Å². The number of ether oxygens (including phenoxy) is 3. The molecule has 142 valence electrons. The van der Waals surface area contributed by atoms with Gasteiger partial charge >= 0.3 is 0 Å². The number of pyridine rings is 1. The average Bonchev–Trinajstić information content (AvgIpc) is 3.16. The van der Waals surface area contributed by atoms with Crippen molar-refractivity contribution in [1.29, 1.82) is 0 Å². The maximum absolute atomic E-state index is 12.7. The zero-order valence-corrected chi connectivity index (χ0v) is 15.5. The van der Waals surface area contributed by atoms with Gasteiger partial charge in [-0.2, -0.15) is 0 Å². The summed E-state index contributed by atoms with van der Waals surface area (Å²) in [6.07, 6.45) is 3.16. The molecule has 0 spiro atoms. The number of amides is 1. The van der Waals surface area contributed by atoms with E-state index in [-0.39, 0.29) is 12.7 Å². The highest BCUT2D eigenvalue weighted by Crippen LogP contribution is 2.35. The van der Waals surface area contributed by atoms with Gasteiger partial charge in [0.05, 0.1) is 30.2 Å². The van der Waals surface area contributed by atoms with Crippen LogP contribution in [0.1, 0.15) is 15.9 Å². The quantitative estimate of drug-likeness (QED) is 0.696. The van der Waals surface area contributed by atoms with Crippen molar-refractivity contribution in [3.05, 3.63) is 66.0 Å². The first-order valence-electron chi connectivity index (χ1n) is 8.70. The van der Waals surface area contributed by atoms with Crippen LogP contribution in [0.4, 0.5) is 17.1 Å². The van der Waals surface area contributed by atoms with E-state index in [4.69, 9.17) is 14.2 Å². The minimum absolute atomic E-state index is 0.221. The van der Waals surface area contributed by atoms with Crippen LogP contribution in [0.5, 0.6) is 17.2 Å². The smallest absolute Gasteiger partial charge is 0.257 e. The number of carbonyl (C=O) groups excluding carboxylic acids is 1. The Morgan fingerprint density at radius 2 is 1.89 bits per heavy atom. The van der Waals surface area contributed by atoms with Crippen molar-refractivity contribution in [3.8, 4) is 17.2 Å². The molecule has 2 aromatic carbocycles. The zero-order chi connectivity index (χ0) is 19.5. The Bertz CT molecular complexity index is 1040. The fraction of sp³-hybridized carbons (Fsp3) is 0.143. The van der Waals surface area contributed by atoms with E-state index in [0.29, 0.717) is 34.2 Å². The normalized spacial score (nSPS) is 11.8. The Labute approximate surface area is 162 Å². The molecule has 1 aliphatic heterocycles. The third-order valence-electron chi connectivity index (χ3n) is 4.26. The number of carbonyl (C=O) groups is 1. The van der Waals surface area contributed by atoms with Crippen LogP contribution >= 0.6 is 0 Å². The van der Waals surface area contributed by atoms with Gasteiger partial charge in [-0.1, -0.05) is 6.07 Å². The number of hydrogen-bond acceptors (Lipinski definition) is 6. The Hall–Kier alpha value is -3.74. The molecule has 1 aliphatic rings. The Balaban J connectivity index is 1.52. The fourth-order valence-electron chi connectivity index (χ4n) is 2.89. The van der Waals surface area contributed by atoms with Crippen molar-refractivity contribution in [2.75, 3.05) is 24.5 Å². The summed E-state index contributed by atoms with van der Waals surface area (Å²) in [5.74, 6) is 1.72. The molecule has 0 radical (unpaired) electrons. The molecule has 1 amide bonds. The molecule has 7 nitrogen and oxygen atoms in total. The Morgan fingerprint density at radius 1 is 1.04 bits per heavy atom. The highest BCUT2D eigenvalue weighted by molar-refractivity contribution is 6.05. The molecule has 0 unspecified atom stereocenters. The number of rotatable bonds is 5. The van der Waals surface area contributed by atoms with Crippen LogP contribution in [-0.4, -0.2) is 24.8 Å². The third kappa shape index (κ3) is 3.68. The molecule has 28 heavy (non-hydrogen) atoms. The van der Waals surface area contributed by atoms with E-state index in [2.05, 4.69) is 15.6 Å². The van der Waals surface area contributed by atoms with Crippen LogP contribution in [0.15, 0.2) is 54.9 Å². The lowest BCUT2D eigenvalue weighted by molar-refractivity contribution is 0.102. The number of aryl methyl sites for hydroxylation is 1. The molecule has 0 aliphatic carbocycles. The lowest BCUT2D eigenvalue weighted by Gasteiger charge is -2.12. The number of anilines is 3. The lowest BCUT2D eigenvalue weighted by Crippen LogP contribution is -2.13. The van der Waals surface area contributed by atoms with Gasteiger partial charge in [-0.25, -0.2) is 0 Å². The Kier molecular flexibility index (Phi) is 4.72. The molecule has 0 atom stereocenters. The van der Waals surface area contributed by atoms with Crippen molar-refractivity contribution in [1.82, 2.24) is 4.98 Å². The van der Waals surface area contributed by atoms with E-state index in [1.807, 2.05) is 43.3 Å². The average molecular weight is 377 g/mol. The maximum Gasteiger partial charge on any atom is 0.257 e. The molecule has 7 heteroatoms. The summed E-state index contributed by atoms with van der Waals surface area (Å²) in [7, 11) is 1.57. The van der Waals surface area contributed by atoms with Gasteiger partial charge in [-0.3, -0.25) is 9.78 Å². The largest absolute Gasteiger partial charge is 0.495 e. The highest BCUT2D eigenvalue weighted by Gasteiger charge is 2.14. The minimum atomic E-state index is -0.272. The molecule has 0 saturated carbocycles. The summed E-state index contributed by atoms with van der Waals surface area (Å²) in [5, 5.41) is 6.10. The van der Waals surface area contributed by atoms with Gasteiger partial charge in [-0.15, -0.1) is 0 Å². The van der Waals surface area contributed by atoms with Gasteiger partial charge in [0.15, 0.2) is 11.5 Å². The van der Waals surface area contributed by atoms with E-state index in [0.717, 1.165) is 11.3 Å². The second-order valence-corrected chi connectivity index (χ2v) is 6.31. The maximum atomic E-state index is 12.7. The number of nitrogens with one attached hydrogen (secondary N) is 2. The summed E-state index contributed by atoms with van der Waals surface area (Å²) in [6.45, 7) is 2.17. The van der Waals surface area contributed by atoms with Gasteiger partial charge in [0.1, 0.15) is 5.75 Å². The number of hydrogen-bond donors (Lipinski definition) is 2. The van der Waals surface area contributed by atoms with Gasteiger partial charge in [-0.05, 0) is 42.8 Å². The third-order valence-corrected chi connectivity index (χ3v) is 4.26. The van der Waals surface area contributed by atoms with Crippen LogP contribution in [0.25, 0.3) is 0 Å². The van der Waals surface area contributed by atoms with E-state index in [1.54, 1.807) is 19.4 Å². The van der Waals surface area contributed by atoms with Crippen molar-refractivity contribution >= 4 is 23.0 Å². The number of fused-ring (bicyclic) bond motifs is 1. The first-order chi connectivity index (χ1) is 13.6. The van der Waals surface area contributed by atoms with E-state index < -0.39 is 0 Å². The summed E-state index contributed by atoms with van der Waals surface area (Å²) in [5.41, 5.74) is 3.55. The van der Waals surface area contributed by atoms with Crippen molar-refractivity contribution in [2.24, 2.45) is 0 Å². The van der Waals surface area contributed by atoms with Gasteiger partial charge in [0.2, 0.25) is 6.79 Å². The molecule has 0 bridgehead atoms. The number of nitrogens with zero attached hydrogens (tertiary/aromatic N) is 1. The van der Waals surface area contributed by atoms with Crippen molar-refractivity contribution in [3.63, 3.8) is 0 Å². The second-order valence-electron chi connectivity index (χ2n) is 6.31. The summed E-state index contributed by atoms with van der Waals surface area (Å²) < 4.78 is 16.0. The first-order valence-corrected chi connectivity index (χ1v) is 8.70. The number of benzene rings is 2. The Morgan fingerprint density at radius 3 is 2.75 bits per heavy atom. The number of methoxy groups -OCH3 is 1. The summed E-state index contributed by atoms with van der Waals surface area (Å²) in [6, 6.07) is 12.9. The minimum Gasteiger partial charge on any atom is -0.495 e. The molecule has 0 saturated heterocycles. The fourth-order valence-corrected chi connectivity index (χ4v) is 2.89. The number of aromatic nitrogens is 1. The van der Waals surface area contributed by atoms with Crippen LogP contribution in [-0.2, 0) is 0 Å². The lowest BCUT2D eigenvalue weighted by atomic mass is 10.2. The molecular formula is C21H19N3O4. The molecular weight excluding hydrogens is 358 g/mol. The first kappa shape index (κ1) is 17.7. The van der Waals surface area contributed by atoms with Gasteiger partial charge in [0.25, 0.3) is 5.91 Å². The zero-order valence-electron chi connectivity index (χ0n) is 15.5. The highest BCUT2D eigenvalue weighted by atomic mass is 16.7. The SMILES string of the molecule is COc1ccc(C)cc1NC(=O)c1cncc(Nc2ccc3c(c2)OCO3)c1. The molecule has 1 aromatic heterocycles. The van der Waals surface area contributed by atoms with Crippen LogP contribution in [0.2, 0.25) is 0 Å². The van der Waals surface area contributed by atoms with E-state index in [9.17, 15) is 4.79 Å². The van der Waals surface area contributed by atoms with Gasteiger partial charge in [0, 0.05) is 18.0 Å². The molecule has 2 heterocycles. The predicted molar refractivity (Wildman–Crippen MR) is 106 cm³/mol. The van der Waals surface area contributed by atoms with E-state index in [1.165, 1.54) is 6.20 Å². The van der Waals surface area contributed by atoms with Crippen molar-refractivity contribution in [2.45, 2.75) is 6.92 Å². The molecule has 4 rings (SSSR count). The summed E-state index contributed by atoms with van der Waals surface area (Å²) >= 11 is 0. The predicted octanol–water partition coefficient (Wildman–Crippen LogP) is 4.12. The summed E-state index contributed by atoms with van der Waals surface area (Å²) in [4.78, 5) is 16.8. The molecule has 0 fully saturated rings. The standard InChI is InChI=1S/C21H19N3O4/c1-13-3-5-18(26-2)17(7-13)24-21(25)14-8-16(11-22-10-14)23-15-4-6-19-20(9-15)28-12-27-19/h3-11,23H,12H2,1-2H3,(H,24,25). The van der Waals surface area contributed by atoms with Gasteiger partial charge < -0.3 is 24.8 Å². The van der Waals surface area contributed by atoms with Crippen molar-refractivity contribution < 1.29 is 19.0 Å². The molecule has 3 aromatic rings. The second kappa shape index (κ2) is 7.48. The van der Waals surface area contributed by atoms with Crippen LogP contribution in [0.3, 0.4) is 0 Å².